The summed E-state index contributed by atoms with van der Waals surface area (Å²) >= 11 is 6.38. The predicted octanol–water partition coefficient (Wildman–Crippen LogP) is 7.28. The number of carbonyl (C=O) groups excluding carboxylic acids is 1. The fourth-order valence-electron chi connectivity index (χ4n) is 5.25. The van der Waals surface area contributed by atoms with Crippen LogP contribution in [0.25, 0.3) is 10.9 Å². The summed E-state index contributed by atoms with van der Waals surface area (Å²) in [5, 5.41) is 8.72. The van der Waals surface area contributed by atoms with Gasteiger partial charge >= 0.3 is 6.09 Å². The molecular formula is C29H35ClFN3O3. The first-order chi connectivity index (χ1) is 17.5. The lowest BCUT2D eigenvalue weighted by Crippen LogP contribution is -2.48. The van der Waals surface area contributed by atoms with Crippen LogP contribution in [0.1, 0.15) is 82.1 Å². The Morgan fingerprint density at radius 3 is 2.51 bits per heavy atom. The molecule has 5 rings (SSSR count). The average molecular weight is 528 g/mol. The molecule has 3 aromatic rings. The van der Waals surface area contributed by atoms with E-state index in [9.17, 15) is 9.18 Å². The van der Waals surface area contributed by atoms with Gasteiger partial charge in [-0.2, -0.15) is 5.10 Å². The van der Waals surface area contributed by atoms with Gasteiger partial charge in [-0.3, -0.25) is 5.10 Å². The van der Waals surface area contributed by atoms with Crippen LogP contribution in [0.4, 0.5) is 9.18 Å². The molecule has 2 aromatic carbocycles. The van der Waals surface area contributed by atoms with E-state index < -0.39 is 5.60 Å². The molecule has 1 unspecified atom stereocenters. The van der Waals surface area contributed by atoms with Crippen LogP contribution in [0.5, 0.6) is 0 Å². The highest BCUT2D eigenvalue weighted by Gasteiger charge is 2.39. The quantitative estimate of drug-likeness (QED) is 0.366. The van der Waals surface area contributed by atoms with E-state index in [2.05, 4.69) is 22.3 Å². The van der Waals surface area contributed by atoms with Gasteiger partial charge in [-0.1, -0.05) is 29.8 Å². The van der Waals surface area contributed by atoms with E-state index in [0.717, 1.165) is 22.0 Å². The summed E-state index contributed by atoms with van der Waals surface area (Å²) in [4.78, 5) is 14.4. The van der Waals surface area contributed by atoms with Gasteiger partial charge in [0.1, 0.15) is 11.4 Å². The number of aromatic amines is 1. The van der Waals surface area contributed by atoms with Crippen LogP contribution in [0.2, 0.25) is 5.15 Å². The second-order valence-electron chi connectivity index (χ2n) is 11.5. The Labute approximate surface area is 222 Å². The molecule has 1 atom stereocenters. The zero-order valence-corrected chi connectivity index (χ0v) is 22.7. The summed E-state index contributed by atoms with van der Waals surface area (Å²) in [7, 11) is 0. The molecule has 6 nitrogen and oxygen atoms in total. The number of amides is 1. The van der Waals surface area contributed by atoms with E-state index in [0.29, 0.717) is 43.6 Å². The van der Waals surface area contributed by atoms with E-state index in [4.69, 9.17) is 21.1 Å². The van der Waals surface area contributed by atoms with Crippen LogP contribution in [-0.2, 0) is 14.9 Å². The third-order valence-corrected chi connectivity index (χ3v) is 7.89. The molecule has 1 aliphatic carbocycles. The third-order valence-electron chi connectivity index (χ3n) is 7.60. The van der Waals surface area contributed by atoms with Crippen molar-refractivity contribution in [2.75, 3.05) is 19.7 Å². The number of ether oxygens (including phenoxy) is 2. The lowest BCUT2D eigenvalue weighted by Gasteiger charge is -2.42. The SMILES string of the molecule is CC(OCC1(c2ccc(F)cc2)CCN(C(=O)OC(C)(C)C)CC1)c1cc(C2CC2)cc2c(Cl)n[nH]c12. The first-order valence-corrected chi connectivity index (χ1v) is 13.5. The van der Waals surface area contributed by atoms with Crippen LogP contribution in [0, 0.1) is 5.82 Å². The van der Waals surface area contributed by atoms with Crippen LogP contribution in [-0.4, -0.2) is 46.5 Å². The monoisotopic (exact) mass is 527 g/mol. The number of piperidine rings is 1. The summed E-state index contributed by atoms with van der Waals surface area (Å²) in [5.74, 6) is 0.304. The Bertz CT molecular complexity index is 1270. The molecule has 1 amide bonds. The predicted molar refractivity (Wildman–Crippen MR) is 143 cm³/mol. The van der Waals surface area contributed by atoms with E-state index >= 15 is 0 Å². The molecule has 198 valence electrons. The Balaban J connectivity index is 1.37. The van der Waals surface area contributed by atoms with E-state index in [1.807, 2.05) is 39.8 Å². The molecule has 1 N–H and O–H groups in total. The fraction of sp³-hybridized carbons (Fsp3) is 0.517. The molecule has 8 heteroatoms. The van der Waals surface area contributed by atoms with Crippen molar-refractivity contribution in [2.45, 2.75) is 76.4 Å². The summed E-state index contributed by atoms with van der Waals surface area (Å²) in [6.07, 6.45) is 3.26. The number of rotatable bonds is 6. The van der Waals surface area contributed by atoms with Gasteiger partial charge in [-0.25, -0.2) is 9.18 Å². The number of nitrogens with zero attached hydrogens (tertiary/aromatic N) is 2. The van der Waals surface area contributed by atoms with Crippen molar-refractivity contribution in [3.05, 3.63) is 64.1 Å². The number of carbonyl (C=O) groups is 1. The number of nitrogens with one attached hydrogen (secondary N) is 1. The summed E-state index contributed by atoms with van der Waals surface area (Å²) in [5.41, 5.74) is 3.35. The Morgan fingerprint density at radius 1 is 1.22 bits per heavy atom. The highest BCUT2D eigenvalue weighted by Crippen LogP contribution is 2.44. The maximum Gasteiger partial charge on any atom is 0.410 e. The zero-order chi connectivity index (χ0) is 26.4. The fourth-order valence-corrected chi connectivity index (χ4v) is 5.44. The second kappa shape index (κ2) is 9.91. The lowest BCUT2D eigenvalue weighted by atomic mass is 9.73. The highest BCUT2D eigenvalue weighted by molar-refractivity contribution is 6.34. The highest BCUT2D eigenvalue weighted by atomic mass is 35.5. The first-order valence-electron chi connectivity index (χ1n) is 13.1. The molecule has 0 radical (unpaired) electrons. The second-order valence-corrected chi connectivity index (χ2v) is 11.9. The Kier molecular flexibility index (Phi) is 6.96. The summed E-state index contributed by atoms with van der Waals surface area (Å²) in [6, 6.07) is 11.0. The number of benzene rings is 2. The Morgan fingerprint density at radius 2 is 1.89 bits per heavy atom. The van der Waals surface area contributed by atoms with E-state index in [1.165, 1.54) is 30.5 Å². The van der Waals surface area contributed by atoms with Crippen molar-refractivity contribution in [3.8, 4) is 0 Å². The van der Waals surface area contributed by atoms with Crippen LogP contribution < -0.4 is 0 Å². The molecule has 1 aromatic heterocycles. The molecular weight excluding hydrogens is 493 g/mol. The smallest absolute Gasteiger partial charge is 0.410 e. The van der Waals surface area contributed by atoms with Gasteiger partial charge in [0.25, 0.3) is 0 Å². The zero-order valence-electron chi connectivity index (χ0n) is 21.9. The van der Waals surface area contributed by atoms with Crippen LogP contribution in [0.3, 0.4) is 0 Å². The maximum atomic E-state index is 13.8. The summed E-state index contributed by atoms with van der Waals surface area (Å²) < 4.78 is 25.9. The Hall–Kier alpha value is -2.64. The van der Waals surface area contributed by atoms with Gasteiger partial charge in [0.05, 0.1) is 18.2 Å². The molecule has 37 heavy (non-hydrogen) atoms. The van der Waals surface area contributed by atoms with Gasteiger partial charge in [0.15, 0.2) is 5.15 Å². The molecule has 0 spiro atoms. The van der Waals surface area contributed by atoms with Gasteiger partial charge in [0.2, 0.25) is 0 Å². The lowest BCUT2D eigenvalue weighted by molar-refractivity contribution is -0.00934. The molecule has 1 saturated carbocycles. The number of halogens is 2. The number of hydrogen-bond acceptors (Lipinski definition) is 4. The van der Waals surface area contributed by atoms with Gasteiger partial charge in [-0.05, 0) is 88.6 Å². The number of hydrogen-bond donors (Lipinski definition) is 1. The molecule has 1 aliphatic heterocycles. The van der Waals surface area contributed by atoms with E-state index in [1.54, 1.807) is 4.90 Å². The van der Waals surface area contributed by atoms with Crippen molar-refractivity contribution in [2.24, 2.45) is 0 Å². The number of likely N-dealkylation sites (tertiary alicyclic amines) is 1. The number of H-pyrrole nitrogens is 1. The summed E-state index contributed by atoms with van der Waals surface area (Å²) in [6.45, 7) is 9.19. The van der Waals surface area contributed by atoms with Gasteiger partial charge in [-0.15, -0.1) is 0 Å². The largest absolute Gasteiger partial charge is 0.444 e. The minimum absolute atomic E-state index is 0.209. The van der Waals surface area contributed by atoms with Crippen molar-refractivity contribution in [1.29, 1.82) is 0 Å². The molecule has 0 bridgehead atoms. The van der Waals surface area contributed by atoms with Crippen LogP contribution in [0.15, 0.2) is 36.4 Å². The van der Waals surface area contributed by atoms with Crippen molar-refractivity contribution in [3.63, 3.8) is 0 Å². The molecule has 2 fully saturated rings. The van der Waals surface area contributed by atoms with Crippen molar-refractivity contribution < 1.29 is 18.7 Å². The van der Waals surface area contributed by atoms with Crippen molar-refractivity contribution in [1.82, 2.24) is 15.1 Å². The normalized spacial score (nSPS) is 18.7. The maximum absolute atomic E-state index is 13.8. The molecule has 1 saturated heterocycles. The third kappa shape index (κ3) is 5.63. The minimum Gasteiger partial charge on any atom is -0.444 e. The topological polar surface area (TPSA) is 67.4 Å². The van der Waals surface area contributed by atoms with Gasteiger partial charge in [0, 0.05) is 29.5 Å². The van der Waals surface area contributed by atoms with Crippen molar-refractivity contribution >= 4 is 28.6 Å². The average Bonchev–Trinajstić information content (AvgIpc) is 3.64. The van der Waals surface area contributed by atoms with E-state index in [-0.39, 0.29) is 23.4 Å². The van der Waals surface area contributed by atoms with Crippen LogP contribution >= 0.6 is 11.6 Å². The number of fused-ring (bicyclic) bond motifs is 1. The minimum atomic E-state index is -0.545. The standard InChI is InChI=1S/C29H35ClFN3O3/c1-18(23-15-20(19-5-6-19)16-24-25(23)32-33-26(24)30)36-17-29(21-7-9-22(31)10-8-21)11-13-34(14-12-29)27(35)37-28(2,3)4/h7-10,15-16,18-19H,5-6,11-14,17H2,1-4H3,(H,32,33). The van der Waals surface area contributed by atoms with Gasteiger partial charge < -0.3 is 14.4 Å². The molecule has 2 aliphatic rings. The first kappa shape index (κ1) is 26.0. The number of aromatic nitrogens is 2. The molecule has 2 heterocycles.